The highest BCUT2D eigenvalue weighted by Crippen LogP contribution is 2.33. The van der Waals surface area contributed by atoms with E-state index in [1.165, 1.54) is 0 Å². The molecule has 0 amide bonds. The van der Waals surface area contributed by atoms with Gasteiger partial charge in [0.25, 0.3) is 0 Å². The van der Waals surface area contributed by atoms with Crippen LogP contribution in [-0.4, -0.2) is 50.1 Å². The predicted molar refractivity (Wildman–Crippen MR) is 80.9 cm³/mol. The van der Waals surface area contributed by atoms with Crippen molar-refractivity contribution >= 4 is 5.78 Å². The second-order valence-corrected chi connectivity index (χ2v) is 6.23. The number of morpholine rings is 1. The molecule has 2 fully saturated rings. The van der Waals surface area contributed by atoms with Crippen molar-refractivity contribution < 1.29 is 14.3 Å². The first-order chi connectivity index (χ1) is 10.1. The molecule has 2 aliphatic rings. The number of ether oxygens (including phenoxy) is 2. The molecule has 114 valence electrons. The molecule has 4 nitrogen and oxygen atoms in total. The second kappa shape index (κ2) is 5.78. The van der Waals surface area contributed by atoms with Crippen LogP contribution in [0.25, 0.3) is 0 Å². The van der Waals surface area contributed by atoms with Crippen LogP contribution < -0.4 is 4.74 Å². The first-order valence-corrected chi connectivity index (χ1v) is 7.58. The van der Waals surface area contributed by atoms with Crippen LogP contribution in [0.2, 0.25) is 0 Å². The Morgan fingerprint density at radius 3 is 2.52 bits per heavy atom. The average molecular weight is 289 g/mol. The standard InChI is InChI=1S/C17H23NO3/c1-11-6-12(4-5-16(11)20-3)17(19)13-7-14-9-21-10-15(8-13)18(14)2/h4-6,13-15H,7-10H2,1-3H3. The molecule has 2 aliphatic heterocycles. The van der Waals surface area contributed by atoms with Gasteiger partial charge in [-0.05, 0) is 50.6 Å². The van der Waals surface area contributed by atoms with Crippen LogP contribution in [-0.2, 0) is 4.74 Å². The maximum atomic E-state index is 12.8. The van der Waals surface area contributed by atoms with Crippen LogP contribution >= 0.6 is 0 Å². The Morgan fingerprint density at radius 2 is 1.95 bits per heavy atom. The zero-order valence-electron chi connectivity index (χ0n) is 13.0. The van der Waals surface area contributed by atoms with E-state index in [0.29, 0.717) is 12.1 Å². The minimum atomic E-state index is 0.118. The van der Waals surface area contributed by atoms with Gasteiger partial charge < -0.3 is 9.47 Å². The molecule has 1 aromatic rings. The molecule has 0 aliphatic carbocycles. The number of methoxy groups -OCH3 is 1. The number of rotatable bonds is 3. The van der Waals surface area contributed by atoms with Crippen molar-refractivity contribution in [1.29, 1.82) is 0 Å². The number of hydrogen-bond donors (Lipinski definition) is 0. The molecule has 3 rings (SSSR count). The van der Waals surface area contributed by atoms with Crippen molar-refractivity contribution in [3.8, 4) is 5.75 Å². The molecule has 0 spiro atoms. The van der Waals surface area contributed by atoms with Crippen LogP contribution in [0.15, 0.2) is 18.2 Å². The van der Waals surface area contributed by atoms with Crippen LogP contribution in [0, 0.1) is 12.8 Å². The zero-order valence-corrected chi connectivity index (χ0v) is 13.0. The molecule has 2 bridgehead atoms. The van der Waals surface area contributed by atoms with Gasteiger partial charge in [0.15, 0.2) is 5.78 Å². The van der Waals surface area contributed by atoms with E-state index in [-0.39, 0.29) is 11.7 Å². The maximum absolute atomic E-state index is 12.8. The lowest BCUT2D eigenvalue weighted by Crippen LogP contribution is -2.55. The lowest BCUT2D eigenvalue weighted by molar-refractivity contribution is -0.0702. The molecule has 2 atom stereocenters. The lowest BCUT2D eigenvalue weighted by atomic mass is 9.81. The number of carbonyl (C=O) groups is 1. The Labute approximate surface area is 126 Å². The van der Waals surface area contributed by atoms with E-state index in [9.17, 15) is 4.79 Å². The van der Waals surface area contributed by atoms with Gasteiger partial charge in [0, 0.05) is 23.6 Å². The molecule has 2 heterocycles. The molecule has 0 N–H and O–H groups in total. The Morgan fingerprint density at radius 1 is 1.29 bits per heavy atom. The van der Waals surface area contributed by atoms with Crippen LogP contribution in [0.1, 0.15) is 28.8 Å². The number of aryl methyl sites for hydroxylation is 1. The van der Waals surface area contributed by atoms with Gasteiger partial charge in [-0.1, -0.05) is 0 Å². The van der Waals surface area contributed by atoms with Crippen LogP contribution in [0.5, 0.6) is 5.75 Å². The quantitative estimate of drug-likeness (QED) is 0.800. The van der Waals surface area contributed by atoms with E-state index < -0.39 is 0 Å². The highest BCUT2D eigenvalue weighted by Gasteiger charge is 2.39. The SMILES string of the molecule is COc1ccc(C(=O)C2CC3COCC(C2)N3C)cc1C. The molecule has 2 saturated heterocycles. The molecular formula is C17H23NO3. The number of ketones is 1. The third-order valence-corrected chi connectivity index (χ3v) is 4.94. The largest absolute Gasteiger partial charge is 0.496 e. The summed E-state index contributed by atoms with van der Waals surface area (Å²) in [5.41, 5.74) is 1.82. The first-order valence-electron chi connectivity index (χ1n) is 7.58. The lowest BCUT2D eigenvalue weighted by Gasteiger charge is -2.46. The number of piperidine rings is 1. The highest BCUT2D eigenvalue weighted by molar-refractivity contribution is 5.98. The topological polar surface area (TPSA) is 38.8 Å². The molecule has 0 radical (unpaired) electrons. The summed E-state index contributed by atoms with van der Waals surface area (Å²) < 4.78 is 10.9. The zero-order chi connectivity index (χ0) is 15.0. The number of benzene rings is 1. The molecule has 4 heteroatoms. The summed E-state index contributed by atoms with van der Waals surface area (Å²) in [5.74, 6) is 1.22. The fraction of sp³-hybridized carbons (Fsp3) is 0.588. The number of likely N-dealkylation sites (N-methyl/N-ethyl adjacent to an activating group) is 1. The summed E-state index contributed by atoms with van der Waals surface area (Å²) in [6, 6.07) is 6.49. The number of hydrogen-bond acceptors (Lipinski definition) is 4. The predicted octanol–water partition coefficient (Wildman–Crippen LogP) is 2.30. The van der Waals surface area contributed by atoms with E-state index in [1.54, 1.807) is 7.11 Å². The Bertz CT molecular complexity index is 529. The van der Waals surface area contributed by atoms with Crippen molar-refractivity contribution in [2.75, 3.05) is 27.4 Å². The number of Topliss-reactive ketones (excluding diaryl/α,β-unsaturated/α-hetero) is 1. The maximum Gasteiger partial charge on any atom is 0.166 e. The van der Waals surface area contributed by atoms with Crippen molar-refractivity contribution in [1.82, 2.24) is 4.90 Å². The smallest absolute Gasteiger partial charge is 0.166 e. The average Bonchev–Trinajstić information content (AvgIpc) is 2.46. The van der Waals surface area contributed by atoms with Crippen molar-refractivity contribution in [3.05, 3.63) is 29.3 Å². The second-order valence-electron chi connectivity index (χ2n) is 6.23. The third kappa shape index (κ3) is 2.70. The number of nitrogens with zero attached hydrogens (tertiary/aromatic N) is 1. The third-order valence-electron chi connectivity index (χ3n) is 4.94. The summed E-state index contributed by atoms with van der Waals surface area (Å²) in [6.07, 6.45) is 1.80. The van der Waals surface area contributed by atoms with Gasteiger partial charge in [0.05, 0.1) is 20.3 Å². The summed E-state index contributed by atoms with van der Waals surface area (Å²) >= 11 is 0. The summed E-state index contributed by atoms with van der Waals surface area (Å²) in [7, 11) is 3.80. The minimum Gasteiger partial charge on any atom is -0.496 e. The Kier molecular flexibility index (Phi) is 4.00. The van der Waals surface area contributed by atoms with Gasteiger partial charge in [-0.2, -0.15) is 0 Å². The normalized spacial score (nSPS) is 29.2. The van der Waals surface area contributed by atoms with E-state index in [2.05, 4.69) is 11.9 Å². The molecule has 0 aromatic heterocycles. The number of carbonyl (C=O) groups excluding carboxylic acids is 1. The molecule has 1 aromatic carbocycles. The van der Waals surface area contributed by atoms with Crippen molar-refractivity contribution in [2.24, 2.45) is 5.92 Å². The monoisotopic (exact) mass is 289 g/mol. The highest BCUT2D eigenvalue weighted by atomic mass is 16.5. The van der Waals surface area contributed by atoms with Gasteiger partial charge in [-0.15, -0.1) is 0 Å². The van der Waals surface area contributed by atoms with E-state index in [4.69, 9.17) is 9.47 Å². The molecule has 0 saturated carbocycles. The minimum absolute atomic E-state index is 0.118. The van der Waals surface area contributed by atoms with Gasteiger partial charge in [-0.3, -0.25) is 9.69 Å². The first kappa shape index (κ1) is 14.5. The van der Waals surface area contributed by atoms with Gasteiger partial charge in [-0.25, -0.2) is 0 Å². The number of fused-ring (bicyclic) bond motifs is 2. The fourth-order valence-corrected chi connectivity index (χ4v) is 3.58. The van der Waals surface area contributed by atoms with Gasteiger partial charge in [0.1, 0.15) is 5.75 Å². The van der Waals surface area contributed by atoms with E-state index in [0.717, 1.165) is 42.9 Å². The van der Waals surface area contributed by atoms with Gasteiger partial charge >= 0.3 is 0 Å². The van der Waals surface area contributed by atoms with Gasteiger partial charge in [0.2, 0.25) is 0 Å². The Hall–Kier alpha value is -1.39. The summed E-state index contributed by atoms with van der Waals surface area (Å²) in [5, 5.41) is 0. The molecule has 2 unspecified atom stereocenters. The van der Waals surface area contributed by atoms with Crippen molar-refractivity contribution in [2.45, 2.75) is 31.8 Å². The summed E-state index contributed by atoms with van der Waals surface area (Å²) in [6.45, 7) is 3.48. The fourth-order valence-electron chi connectivity index (χ4n) is 3.58. The van der Waals surface area contributed by atoms with Crippen molar-refractivity contribution in [3.63, 3.8) is 0 Å². The van der Waals surface area contributed by atoms with E-state index in [1.807, 2.05) is 25.1 Å². The molecular weight excluding hydrogens is 266 g/mol. The van der Waals surface area contributed by atoms with E-state index >= 15 is 0 Å². The van der Waals surface area contributed by atoms with Crippen LogP contribution in [0.4, 0.5) is 0 Å². The Balaban J connectivity index is 1.78. The summed E-state index contributed by atoms with van der Waals surface area (Å²) in [4.78, 5) is 15.2. The molecule has 21 heavy (non-hydrogen) atoms. The van der Waals surface area contributed by atoms with Crippen LogP contribution in [0.3, 0.4) is 0 Å².